The summed E-state index contributed by atoms with van der Waals surface area (Å²) >= 11 is 0. The van der Waals surface area contributed by atoms with Crippen LogP contribution in [0.15, 0.2) is 10.6 Å². The minimum absolute atomic E-state index is 0.196. The second kappa shape index (κ2) is 4.25. The van der Waals surface area contributed by atoms with Gasteiger partial charge in [0.2, 0.25) is 0 Å². The fraction of sp³-hybridized carbons (Fsp3) is 0.636. The second-order valence-electron chi connectivity index (χ2n) is 4.55. The van der Waals surface area contributed by atoms with Crippen molar-refractivity contribution >= 4 is 5.97 Å². The number of hydrogen-bond donors (Lipinski definition) is 1. The van der Waals surface area contributed by atoms with Crippen LogP contribution in [0.2, 0.25) is 0 Å². The summed E-state index contributed by atoms with van der Waals surface area (Å²) in [5.41, 5.74) is 0.858. The van der Waals surface area contributed by atoms with Gasteiger partial charge in [-0.15, -0.1) is 0 Å². The zero-order valence-electron chi connectivity index (χ0n) is 9.51. The SMILES string of the molecule is Cc1cc(CN2C[C@@H](C)[C@H](C(=O)O)C2)on1. The van der Waals surface area contributed by atoms with E-state index in [0.29, 0.717) is 13.1 Å². The Morgan fingerprint density at radius 1 is 1.69 bits per heavy atom. The zero-order chi connectivity index (χ0) is 11.7. The number of carbonyl (C=O) groups is 1. The highest BCUT2D eigenvalue weighted by molar-refractivity contribution is 5.71. The Kier molecular flexibility index (Phi) is 2.96. The summed E-state index contributed by atoms with van der Waals surface area (Å²) in [7, 11) is 0. The first kappa shape index (κ1) is 11.1. The fourth-order valence-corrected chi connectivity index (χ4v) is 2.23. The first-order chi connectivity index (χ1) is 7.56. The topological polar surface area (TPSA) is 66.6 Å². The lowest BCUT2D eigenvalue weighted by molar-refractivity contribution is -0.142. The third kappa shape index (κ3) is 2.24. The van der Waals surface area contributed by atoms with Crippen molar-refractivity contribution in [3.63, 3.8) is 0 Å². The van der Waals surface area contributed by atoms with Crippen molar-refractivity contribution in [2.45, 2.75) is 20.4 Å². The molecule has 1 aliphatic rings. The molecular formula is C11H16N2O3. The van der Waals surface area contributed by atoms with Crippen LogP contribution in [-0.4, -0.2) is 34.2 Å². The molecule has 0 bridgehead atoms. The second-order valence-corrected chi connectivity index (χ2v) is 4.55. The van der Waals surface area contributed by atoms with E-state index in [-0.39, 0.29) is 11.8 Å². The number of aliphatic carboxylic acids is 1. The van der Waals surface area contributed by atoms with Crippen LogP contribution in [0.5, 0.6) is 0 Å². The monoisotopic (exact) mass is 224 g/mol. The van der Waals surface area contributed by atoms with E-state index in [4.69, 9.17) is 9.63 Å². The van der Waals surface area contributed by atoms with Gasteiger partial charge in [0.05, 0.1) is 18.2 Å². The van der Waals surface area contributed by atoms with Gasteiger partial charge >= 0.3 is 5.97 Å². The maximum atomic E-state index is 11.0. The molecule has 1 N–H and O–H groups in total. The third-order valence-electron chi connectivity index (χ3n) is 3.06. The van der Waals surface area contributed by atoms with Crippen molar-refractivity contribution in [1.82, 2.24) is 10.1 Å². The summed E-state index contributed by atoms with van der Waals surface area (Å²) in [6, 6.07) is 1.89. The van der Waals surface area contributed by atoms with Crippen molar-refractivity contribution in [3.8, 4) is 0 Å². The van der Waals surface area contributed by atoms with Gasteiger partial charge in [0.15, 0.2) is 5.76 Å². The third-order valence-corrected chi connectivity index (χ3v) is 3.06. The van der Waals surface area contributed by atoms with Crippen LogP contribution in [0.3, 0.4) is 0 Å². The van der Waals surface area contributed by atoms with Gasteiger partial charge in [0, 0.05) is 19.2 Å². The van der Waals surface area contributed by atoms with E-state index in [1.54, 1.807) is 0 Å². The Morgan fingerprint density at radius 3 is 2.94 bits per heavy atom. The summed E-state index contributed by atoms with van der Waals surface area (Å²) in [6.45, 7) is 5.89. The molecule has 0 spiro atoms. The lowest BCUT2D eigenvalue weighted by Gasteiger charge is -2.12. The minimum atomic E-state index is -0.705. The molecule has 5 heteroatoms. The Hall–Kier alpha value is -1.36. The molecule has 5 nitrogen and oxygen atoms in total. The maximum absolute atomic E-state index is 11.0. The average molecular weight is 224 g/mol. The Balaban J connectivity index is 1.96. The molecule has 1 aromatic rings. The highest BCUT2D eigenvalue weighted by Crippen LogP contribution is 2.24. The molecule has 1 saturated heterocycles. The standard InChI is InChI=1S/C11H16N2O3/c1-7-4-13(6-10(7)11(14)15)5-9-3-8(2)12-16-9/h3,7,10H,4-6H2,1-2H3,(H,14,15)/t7-,10-/m1/s1. The molecule has 0 aromatic carbocycles. The highest BCUT2D eigenvalue weighted by Gasteiger charge is 2.34. The lowest BCUT2D eigenvalue weighted by atomic mass is 9.99. The molecule has 1 aliphatic heterocycles. The van der Waals surface area contributed by atoms with Crippen LogP contribution >= 0.6 is 0 Å². The first-order valence-electron chi connectivity index (χ1n) is 5.43. The van der Waals surface area contributed by atoms with Crippen LogP contribution in [-0.2, 0) is 11.3 Å². The van der Waals surface area contributed by atoms with Crippen LogP contribution in [0.1, 0.15) is 18.4 Å². The quantitative estimate of drug-likeness (QED) is 0.833. The predicted octanol–water partition coefficient (Wildman–Crippen LogP) is 1.14. The molecule has 2 atom stereocenters. The number of aromatic nitrogens is 1. The first-order valence-corrected chi connectivity index (χ1v) is 5.43. The van der Waals surface area contributed by atoms with Crippen molar-refractivity contribution in [2.24, 2.45) is 11.8 Å². The van der Waals surface area contributed by atoms with Gasteiger partial charge in [-0.2, -0.15) is 0 Å². The van der Waals surface area contributed by atoms with Gasteiger partial charge in [-0.25, -0.2) is 0 Å². The zero-order valence-corrected chi connectivity index (χ0v) is 9.51. The van der Waals surface area contributed by atoms with E-state index in [1.165, 1.54) is 0 Å². The summed E-state index contributed by atoms with van der Waals surface area (Å²) < 4.78 is 5.12. The van der Waals surface area contributed by atoms with Crippen LogP contribution in [0.4, 0.5) is 0 Å². The Labute approximate surface area is 94.0 Å². The number of aryl methyl sites for hydroxylation is 1. The molecule has 0 radical (unpaired) electrons. The van der Waals surface area contributed by atoms with E-state index in [2.05, 4.69) is 10.1 Å². The molecule has 0 saturated carbocycles. The van der Waals surface area contributed by atoms with Gasteiger partial charge in [0.1, 0.15) is 0 Å². The molecule has 0 amide bonds. The van der Waals surface area contributed by atoms with E-state index in [1.807, 2.05) is 19.9 Å². The van der Waals surface area contributed by atoms with Crippen molar-refractivity contribution in [3.05, 3.63) is 17.5 Å². The van der Waals surface area contributed by atoms with Gasteiger partial charge in [0.25, 0.3) is 0 Å². The van der Waals surface area contributed by atoms with Crippen LogP contribution in [0.25, 0.3) is 0 Å². The molecule has 88 valence electrons. The fourth-order valence-electron chi connectivity index (χ4n) is 2.23. The number of carboxylic acid groups (broad SMARTS) is 1. The van der Waals surface area contributed by atoms with Crippen LogP contribution < -0.4 is 0 Å². The smallest absolute Gasteiger partial charge is 0.308 e. The molecule has 0 unspecified atom stereocenters. The molecule has 1 aromatic heterocycles. The number of likely N-dealkylation sites (tertiary alicyclic amines) is 1. The highest BCUT2D eigenvalue weighted by atomic mass is 16.5. The van der Waals surface area contributed by atoms with Gasteiger partial charge in [-0.3, -0.25) is 9.69 Å². The predicted molar refractivity (Wildman–Crippen MR) is 56.8 cm³/mol. The molecule has 16 heavy (non-hydrogen) atoms. The normalized spacial score (nSPS) is 26.1. The van der Waals surface area contributed by atoms with Gasteiger partial charge < -0.3 is 9.63 Å². The van der Waals surface area contributed by atoms with Crippen molar-refractivity contribution in [2.75, 3.05) is 13.1 Å². The Bertz CT molecular complexity index is 388. The number of hydrogen-bond acceptors (Lipinski definition) is 4. The molecule has 2 rings (SSSR count). The molecule has 1 fully saturated rings. The van der Waals surface area contributed by atoms with Gasteiger partial charge in [-0.1, -0.05) is 12.1 Å². The summed E-state index contributed by atoms with van der Waals surface area (Å²) in [6.07, 6.45) is 0. The Morgan fingerprint density at radius 2 is 2.44 bits per heavy atom. The summed E-state index contributed by atoms with van der Waals surface area (Å²) in [4.78, 5) is 13.1. The van der Waals surface area contributed by atoms with Gasteiger partial charge in [-0.05, 0) is 12.8 Å². The van der Waals surface area contributed by atoms with Crippen molar-refractivity contribution < 1.29 is 14.4 Å². The summed E-state index contributed by atoms with van der Waals surface area (Å²) in [5, 5.41) is 12.8. The van der Waals surface area contributed by atoms with Crippen LogP contribution in [0, 0.1) is 18.8 Å². The molecule has 0 aliphatic carbocycles. The number of rotatable bonds is 3. The van der Waals surface area contributed by atoms with E-state index in [9.17, 15) is 4.79 Å². The minimum Gasteiger partial charge on any atom is -0.481 e. The largest absolute Gasteiger partial charge is 0.481 e. The number of carboxylic acids is 1. The van der Waals surface area contributed by atoms with E-state index < -0.39 is 5.97 Å². The summed E-state index contributed by atoms with van der Waals surface area (Å²) in [5.74, 6) is 0.0324. The maximum Gasteiger partial charge on any atom is 0.308 e. The van der Waals surface area contributed by atoms with E-state index in [0.717, 1.165) is 18.0 Å². The molecular weight excluding hydrogens is 208 g/mol. The lowest BCUT2D eigenvalue weighted by Crippen LogP contribution is -2.23. The van der Waals surface area contributed by atoms with Crippen molar-refractivity contribution in [1.29, 1.82) is 0 Å². The average Bonchev–Trinajstić information content (AvgIpc) is 2.73. The number of nitrogens with zero attached hydrogens (tertiary/aromatic N) is 2. The van der Waals surface area contributed by atoms with E-state index >= 15 is 0 Å². The molecule has 2 heterocycles.